The van der Waals surface area contributed by atoms with E-state index in [-0.39, 0.29) is 24.1 Å². The summed E-state index contributed by atoms with van der Waals surface area (Å²) in [6.45, 7) is 0. The standard InChI is InChI=1S/C13H13ClN2O3/c1-16-11(17)6-10(13(16)19)15-12(18)9-4-2-8(7-14)3-5-9/h2-5,10H,6-7H2,1H3,(H,15,18). The first-order chi connectivity index (χ1) is 9.02. The molecule has 0 aromatic heterocycles. The largest absolute Gasteiger partial charge is 0.340 e. The molecular formula is C13H13ClN2O3. The lowest BCUT2D eigenvalue weighted by Crippen LogP contribution is -2.40. The van der Waals surface area contributed by atoms with Gasteiger partial charge in [-0.25, -0.2) is 0 Å². The van der Waals surface area contributed by atoms with Crippen molar-refractivity contribution in [2.24, 2.45) is 0 Å². The second kappa shape index (κ2) is 5.40. The second-order valence-corrected chi connectivity index (χ2v) is 4.62. The summed E-state index contributed by atoms with van der Waals surface area (Å²) in [4.78, 5) is 36.0. The molecule has 1 atom stereocenters. The number of carbonyl (C=O) groups is 3. The summed E-state index contributed by atoms with van der Waals surface area (Å²) >= 11 is 5.66. The maximum Gasteiger partial charge on any atom is 0.252 e. The average Bonchev–Trinajstić information content (AvgIpc) is 2.66. The van der Waals surface area contributed by atoms with E-state index < -0.39 is 6.04 Å². The fraction of sp³-hybridized carbons (Fsp3) is 0.308. The molecule has 1 fully saturated rings. The third-order valence-corrected chi connectivity index (χ3v) is 3.37. The Labute approximate surface area is 115 Å². The normalized spacial score (nSPS) is 18.8. The van der Waals surface area contributed by atoms with Crippen LogP contribution in [0.15, 0.2) is 24.3 Å². The molecule has 5 nitrogen and oxygen atoms in total. The van der Waals surface area contributed by atoms with Crippen LogP contribution in [0.25, 0.3) is 0 Å². The molecule has 1 aliphatic rings. The molecule has 0 bridgehead atoms. The molecular weight excluding hydrogens is 268 g/mol. The van der Waals surface area contributed by atoms with E-state index in [2.05, 4.69) is 5.32 Å². The Balaban J connectivity index is 2.05. The van der Waals surface area contributed by atoms with Crippen molar-refractivity contribution in [3.8, 4) is 0 Å². The second-order valence-electron chi connectivity index (χ2n) is 4.35. The summed E-state index contributed by atoms with van der Waals surface area (Å²) in [5.41, 5.74) is 1.34. The summed E-state index contributed by atoms with van der Waals surface area (Å²) in [6, 6.07) is 6.00. The first-order valence-electron chi connectivity index (χ1n) is 5.79. The summed E-state index contributed by atoms with van der Waals surface area (Å²) in [5, 5.41) is 2.56. The number of alkyl halides is 1. The summed E-state index contributed by atoms with van der Waals surface area (Å²) in [7, 11) is 1.41. The lowest BCUT2D eigenvalue weighted by Gasteiger charge is -2.11. The van der Waals surface area contributed by atoms with Crippen molar-refractivity contribution < 1.29 is 14.4 Å². The number of hydrogen-bond donors (Lipinski definition) is 1. The van der Waals surface area contributed by atoms with E-state index in [1.54, 1.807) is 24.3 Å². The number of hydrogen-bond acceptors (Lipinski definition) is 3. The highest BCUT2D eigenvalue weighted by molar-refractivity contribution is 6.17. The predicted octanol–water partition coefficient (Wildman–Crippen LogP) is 0.912. The maximum atomic E-state index is 11.9. The van der Waals surface area contributed by atoms with Crippen molar-refractivity contribution in [2.45, 2.75) is 18.3 Å². The van der Waals surface area contributed by atoms with Gasteiger partial charge in [0.15, 0.2) is 0 Å². The van der Waals surface area contributed by atoms with Gasteiger partial charge in [-0.05, 0) is 17.7 Å². The maximum absolute atomic E-state index is 11.9. The van der Waals surface area contributed by atoms with Crippen LogP contribution in [0.2, 0.25) is 0 Å². The molecule has 1 heterocycles. The third-order valence-electron chi connectivity index (χ3n) is 3.06. The zero-order valence-electron chi connectivity index (χ0n) is 10.4. The Morgan fingerprint density at radius 2 is 2.00 bits per heavy atom. The smallest absolute Gasteiger partial charge is 0.252 e. The number of halogens is 1. The van der Waals surface area contributed by atoms with E-state index >= 15 is 0 Å². The van der Waals surface area contributed by atoms with E-state index in [4.69, 9.17) is 11.6 Å². The predicted molar refractivity (Wildman–Crippen MR) is 69.6 cm³/mol. The molecule has 1 aliphatic heterocycles. The number of benzene rings is 1. The molecule has 1 unspecified atom stereocenters. The number of nitrogens with zero attached hydrogens (tertiary/aromatic N) is 1. The van der Waals surface area contributed by atoms with Gasteiger partial charge in [-0.3, -0.25) is 19.3 Å². The Morgan fingerprint density at radius 3 is 2.47 bits per heavy atom. The van der Waals surface area contributed by atoms with Gasteiger partial charge in [0, 0.05) is 18.5 Å². The van der Waals surface area contributed by atoms with E-state index in [9.17, 15) is 14.4 Å². The molecule has 6 heteroatoms. The Bertz CT molecular complexity index is 527. The van der Waals surface area contributed by atoms with Crippen molar-refractivity contribution in [3.63, 3.8) is 0 Å². The van der Waals surface area contributed by atoms with Gasteiger partial charge >= 0.3 is 0 Å². The average molecular weight is 281 g/mol. The molecule has 1 aromatic rings. The number of rotatable bonds is 3. The van der Waals surface area contributed by atoms with Crippen molar-refractivity contribution in [1.82, 2.24) is 10.2 Å². The zero-order chi connectivity index (χ0) is 14.0. The molecule has 19 heavy (non-hydrogen) atoms. The van der Waals surface area contributed by atoms with Crippen LogP contribution in [0, 0.1) is 0 Å². The monoisotopic (exact) mass is 280 g/mol. The highest BCUT2D eigenvalue weighted by Crippen LogP contribution is 2.12. The molecule has 0 spiro atoms. The quantitative estimate of drug-likeness (QED) is 0.661. The Morgan fingerprint density at radius 1 is 1.37 bits per heavy atom. The highest BCUT2D eigenvalue weighted by Gasteiger charge is 2.36. The minimum atomic E-state index is -0.766. The lowest BCUT2D eigenvalue weighted by atomic mass is 10.1. The van der Waals surface area contributed by atoms with E-state index in [1.165, 1.54) is 7.05 Å². The van der Waals surface area contributed by atoms with Crippen molar-refractivity contribution >= 4 is 29.3 Å². The van der Waals surface area contributed by atoms with Gasteiger partial charge in [0.05, 0.1) is 6.42 Å². The topological polar surface area (TPSA) is 66.5 Å². The summed E-state index contributed by atoms with van der Waals surface area (Å²) < 4.78 is 0. The van der Waals surface area contributed by atoms with Gasteiger partial charge in [-0.15, -0.1) is 11.6 Å². The fourth-order valence-corrected chi connectivity index (χ4v) is 2.03. The molecule has 0 aliphatic carbocycles. The molecule has 1 N–H and O–H groups in total. The van der Waals surface area contributed by atoms with E-state index in [0.717, 1.165) is 10.5 Å². The van der Waals surface area contributed by atoms with E-state index in [0.29, 0.717) is 11.4 Å². The van der Waals surface area contributed by atoms with Crippen molar-refractivity contribution in [1.29, 1.82) is 0 Å². The lowest BCUT2D eigenvalue weighted by molar-refractivity contribution is -0.137. The van der Waals surface area contributed by atoms with Crippen LogP contribution in [-0.4, -0.2) is 35.7 Å². The number of carbonyl (C=O) groups excluding carboxylic acids is 3. The number of likely N-dealkylation sites (N-methyl/N-ethyl adjacent to an activating group) is 1. The highest BCUT2D eigenvalue weighted by atomic mass is 35.5. The minimum Gasteiger partial charge on any atom is -0.340 e. The van der Waals surface area contributed by atoms with Crippen LogP contribution in [-0.2, 0) is 15.5 Å². The van der Waals surface area contributed by atoms with Gasteiger partial charge in [0.1, 0.15) is 6.04 Å². The van der Waals surface area contributed by atoms with Crippen LogP contribution < -0.4 is 5.32 Å². The minimum absolute atomic E-state index is 0.0147. The van der Waals surface area contributed by atoms with Gasteiger partial charge in [0.25, 0.3) is 11.8 Å². The Kier molecular flexibility index (Phi) is 3.85. The van der Waals surface area contributed by atoms with Crippen LogP contribution in [0.3, 0.4) is 0 Å². The molecule has 1 saturated heterocycles. The molecule has 0 saturated carbocycles. The molecule has 3 amide bonds. The molecule has 2 rings (SSSR count). The summed E-state index contributed by atoms with van der Waals surface area (Å²) in [6.07, 6.45) is 0.0147. The SMILES string of the molecule is CN1C(=O)CC(NC(=O)c2ccc(CCl)cc2)C1=O. The number of imide groups is 1. The van der Waals surface area contributed by atoms with Crippen LogP contribution in [0.4, 0.5) is 0 Å². The number of nitrogens with one attached hydrogen (secondary N) is 1. The first-order valence-corrected chi connectivity index (χ1v) is 6.32. The molecule has 100 valence electrons. The van der Waals surface area contributed by atoms with Crippen molar-refractivity contribution in [3.05, 3.63) is 35.4 Å². The third kappa shape index (κ3) is 2.76. The van der Waals surface area contributed by atoms with E-state index in [1.807, 2.05) is 0 Å². The van der Waals surface area contributed by atoms with Crippen LogP contribution in [0.1, 0.15) is 22.3 Å². The van der Waals surface area contributed by atoms with Crippen LogP contribution in [0.5, 0.6) is 0 Å². The van der Waals surface area contributed by atoms with Gasteiger partial charge in [-0.2, -0.15) is 0 Å². The van der Waals surface area contributed by atoms with Gasteiger partial charge in [-0.1, -0.05) is 12.1 Å². The zero-order valence-corrected chi connectivity index (χ0v) is 11.1. The molecule has 1 aromatic carbocycles. The first kappa shape index (κ1) is 13.5. The van der Waals surface area contributed by atoms with Crippen molar-refractivity contribution in [2.75, 3.05) is 7.05 Å². The fourth-order valence-electron chi connectivity index (χ4n) is 1.86. The number of amides is 3. The van der Waals surface area contributed by atoms with Crippen LogP contribution >= 0.6 is 11.6 Å². The molecule has 0 radical (unpaired) electrons. The Hall–Kier alpha value is -1.88. The summed E-state index contributed by atoms with van der Waals surface area (Å²) in [5.74, 6) is -0.659. The van der Waals surface area contributed by atoms with Gasteiger partial charge < -0.3 is 5.32 Å². The number of likely N-dealkylation sites (tertiary alicyclic amines) is 1. The van der Waals surface area contributed by atoms with Gasteiger partial charge in [0.2, 0.25) is 5.91 Å².